The minimum absolute atomic E-state index is 0.557. The van der Waals surface area contributed by atoms with E-state index in [9.17, 15) is 0 Å². The molecule has 2 nitrogen and oxygen atoms in total. The standard InChI is InChI=1S/C17H22N2/c1-18-17-9-5-8-15-12-19(13-16(15)17)11-10-14-6-3-2-4-7-14/h2-4,6-7,12-13,17-18H,5,8-11H2,1H3. The number of rotatable bonds is 4. The molecule has 1 atom stereocenters. The Morgan fingerprint density at radius 1 is 1.21 bits per heavy atom. The summed E-state index contributed by atoms with van der Waals surface area (Å²) < 4.78 is 2.37. The minimum Gasteiger partial charge on any atom is -0.353 e. The van der Waals surface area contributed by atoms with Gasteiger partial charge in [-0.1, -0.05) is 30.3 Å². The Bertz CT molecular complexity index is 527. The average Bonchev–Trinajstić information content (AvgIpc) is 2.89. The zero-order chi connectivity index (χ0) is 13.1. The molecule has 1 N–H and O–H groups in total. The summed E-state index contributed by atoms with van der Waals surface area (Å²) >= 11 is 0. The molecule has 1 aromatic heterocycles. The number of nitrogens with zero attached hydrogens (tertiary/aromatic N) is 1. The Hall–Kier alpha value is -1.54. The zero-order valence-electron chi connectivity index (χ0n) is 11.6. The molecule has 19 heavy (non-hydrogen) atoms. The van der Waals surface area contributed by atoms with Crippen LogP contribution in [0.2, 0.25) is 0 Å². The van der Waals surface area contributed by atoms with E-state index in [1.807, 2.05) is 0 Å². The maximum atomic E-state index is 3.43. The largest absolute Gasteiger partial charge is 0.353 e. The predicted molar refractivity (Wildman–Crippen MR) is 79.3 cm³/mol. The highest BCUT2D eigenvalue weighted by Gasteiger charge is 2.20. The Balaban J connectivity index is 1.71. The van der Waals surface area contributed by atoms with Crippen molar-refractivity contribution in [2.75, 3.05) is 7.05 Å². The lowest BCUT2D eigenvalue weighted by Gasteiger charge is -2.21. The second-order valence-electron chi connectivity index (χ2n) is 5.45. The summed E-state index contributed by atoms with van der Waals surface area (Å²) in [6.45, 7) is 1.08. The molecule has 2 heteroatoms. The van der Waals surface area contributed by atoms with Crippen LogP contribution in [0.1, 0.15) is 35.6 Å². The highest BCUT2D eigenvalue weighted by molar-refractivity contribution is 5.30. The van der Waals surface area contributed by atoms with Gasteiger partial charge in [-0.05, 0) is 49.4 Å². The van der Waals surface area contributed by atoms with E-state index in [1.54, 1.807) is 5.56 Å². The highest BCUT2D eigenvalue weighted by Crippen LogP contribution is 2.30. The molecule has 3 rings (SSSR count). The van der Waals surface area contributed by atoms with Crippen molar-refractivity contribution in [2.45, 2.75) is 38.3 Å². The molecule has 0 radical (unpaired) electrons. The molecule has 1 heterocycles. The van der Waals surface area contributed by atoms with Crippen LogP contribution < -0.4 is 5.32 Å². The molecule has 2 aromatic rings. The van der Waals surface area contributed by atoms with E-state index in [0.717, 1.165) is 13.0 Å². The molecule has 0 aliphatic heterocycles. The lowest BCUT2D eigenvalue weighted by molar-refractivity contribution is 0.498. The summed E-state index contributed by atoms with van der Waals surface area (Å²) in [5.74, 6) is 0. The van der Waals surface area contributed by atoms with Gasteiger partial charge in [-0.25, -0.2) is 0 Å². The van der Waals surface area contributed by atoms with Crippen LogP contribution in [0.15, 0.2) is 42.7 Å². The van der Waals surface area contributed by atoms with Gasteiger partial charge in [0.1, 0.15) is 0 Å². The average molecular weight is 254 g/mol. The third kappa shape index (κ3) is 2.74. The van der Waals surface area contributed by atoms with Crippen LogP contribution in [-0.4, -0.2) is 11.6 Å². The first kappa shape index (κ1) is 12.5. The van der Waals surface area contributed by atoms with Gasteiger partial charge in [0.25, 0.3) is 0 Å². The topological polar surface area (TPSA) is 17.0 Å². The lowest BCUT2D eigenvalue weighted by atomic mass is 9.91. The molecule has 1 aliphatic rings. The summed E-state index contributed by atoms with van der Waals surface area (Å²) in [7, 11) is 2.07. The molecule has 0 saturated carbocycles. The molecule has 0 amide bonds. The number of nitrogens with one attached hydrogen (secondary N) is 1. The third-order valence-corrected chi connectivity index (χ3v) is 4.16. The highest BCUT2D eigenvalue weighted by atomic mass is 15.0. The monoisotopic (exact) mass is 254 g/mol. The van der Waals surface area contributed by atoms with Crippen LogP contribution >= 0.6 is 0 Å². The van der Waals surface area contributed by atoms with Crippen LogP contribution in [0.5, 0.6) is 0 Å². The summed E-state index contributed by atoms with van der Waals surface area (Å²) in [6.07, 6.45) is 9.62. The molecule has 0 bridgehead atoms. The lowest BCUT2D eigenvalue weighted by Crippen LogP contribution is -2.20. The Kier molecular flexibility index (Phi) is 3.69. The molecular formula is C17H22N2. The van der Waals surface area contributed by atoms with E-state index in [1.165, 1.54) is 30.4 Å². The number of aromatic nitrogens is 1. The van der Waals surface area contributed by atoms with Crippen molar-refractivity contribution >= 4 is 0 Å². The van der Waals surface area contributed by atoms with E-state index in [2.05, 4.69) is 59.7 Å². The maximum Gasteiger partial charge on any atom is 0.0335 e. The molecule has 1 unspecified atom stereocenters. The molecule has 0 saturated heterocycles. The van der Waals surface area contributed by atoms with Crippen molar-refractivity contribution in [1.82, 2.24) is 9.88 Å². The van der Waals surface area contributed by atoms with E-state index >= 15 is 0 Å². The van der Waals surface area contributed by atoms with Crippen molar-refractivity contribution in [3.63, 3.8) is 0 Å². The molecule has 0 spiro atoms. The minimum atomic E-state index is 0.557. The quantitative estimate of drug-likeness (QED) is 0.885. The van der Waals surface area contributed by atoms with Gasteiger partial charge in [0.05, 0.1) is 0 Å². The van der Waals surface area contributed by atoms with Gasteiger partial charge in [0.15, 0.2) is 0 Å². The second-order valence-corrected chi connectivity index (χ2v) is 5.45. The Labute approximate surface area is 115 Å². The number of aryl methyl sites for hydroxylation is 3. The fraction of sp³-hybridized carbons (Fsp3) is 0.412. The SMILES string of the molecule is CNC1CCCc2cn(CCc3ccccc3)cc21. The van der Waals surface area contributed by atoms with Crippen molar-refractivity contribution in [3.05, 3.63) is 59.4 Å². The first-order valence-corrected chi connectivity index (χ1v) is 7.26. The van der Waals surface area contributed by atoms with E-state index in [0.29, 0.717) is 6.04 Å². The van der Waals surface area contributed by atoms with Crippen molar-refractivity contribution in [1.29, 1.82) is 0 Å². The van der Waals surface area contributed by atoms with Gasteiger partial charge < -0.3 is 9.88 Å². The summed E-state index contributed by atoms with van der Waals surface area (Å²) in [5.41, 5.74) is 4.47. The van der Waals surface area contributed by atoms with Gasteiger partial charge in [-0.2, -0.15) is 0 Å². The number of hydrogen-bond acceptors (Lipinski definition) is 1. The van der Waals surface area contributed by atoms with E-state index < -0.39 is 0 Å². The first-order valence-electron chi connectivity index (χ1n) is 7.26. The van der Waals surface area contributed by atoms with Gasteiger partial charge in [0.2, 0.25) is 0 Å². The van der Waals surface area contributed by atoms with Crippen LogP contribution in [0.25, 0.3) is 0 Å². The Morgan fingerprint density at radius 2 is 2.05 bits per heavy atom. The van der Waals surface area contributed by atoms with Crippen LogP contribution in [0, 0.1) is 0 Å². The maximum absolute atomic E-state index is 3.43. The van der Waals surface area contributed by atoms with Crippen molar-refractivity contribution in [3.8, 4) is 0 Å². The van der Waals surface area contributed by atoms with Crippen LogP contribution in [0.3, 0.4) is 0 Å². The van der Waals surface area contributed by atoms with E-state index in [-0.39, 0.29) is 0 Å². The number of fused-ring (bicyclic) bond motifs is 1. The zero-order valence-corrected chi connectivity index (χ0v) is 11.6. The van der Waals surface area contributed by atoms with Gasteiger partial charge in [0, 0.05) is 25.0 Å². The van der Waals surface area contributed by atoms with Crippen molar-refractivity contribution in [2.24, 2.45) is 0 Å². The van der Waals surface area contributed by atoms with Gasteiger partial charge in [-0.15, -0.1) is 0 Å². The van der Waals surface area contributed by atoms with Crippen molar-refractivity contribution < 1.29 is 0 Å². The van der Waals surface area contributed by atoms with E-state index in [4.69, 9.17) is 0 Å². The molecule has 0 fully saturated rings. The normalized spacial score (nSPS) is 18.3. The molecular weight excluding hydrogens is 232 g/mol. The second kappa shape index (κ2) is 5.62. The van der Waals surface area contributed by atoms with Gasteiger partial charge in [-0.3, -0.25) is 0 Å². The third-order valence-electron chi connectivity index (χ3n) is 4.16. The fourth-order valence-corrected chi connectivity index (χ4v) is 3.08. The van der Waals surface area contributed by atoms with Crippen LogP contribution in [-0.2, 0) is 19.4 Å². The predicted octanol–water partition coefficient (Wildman–Crippen LogP) is 3.33. The van der Waals surface area contributed by atoms with Crippen LogP contribution in [0.4, 0.5) is 0 Å². The molecule has 1 aliphatic carbocycles. The molecule has 100 valence electrons. The molecule has 1 aromatic carbocycles. The van der Waals surface area contributed by atoms with Gasteiger partial charge >= 0.3 is 0 Å². The summed E-state index contributed by atoms with van der Waals surface area (Å²) in [4.78, 5) is 0. The summed E-state index contributed by atoms with van der Waals surface area (Å²) in [5, 5.41) is 3.43. The number of benzene rings is 1. The smallest absolute Gasteiger partial charge is 0.0335 e. The fourth-order valence-electron chi connectivity index (χ4n) is 3.08. The number of hydrogen-bond donors (Lipinski definition) is 1. The summed E-state index contributed by atoms with van der Waals surface area (Å²) in [6, 6.07) is 11.3. The Morgan fingerprint density at radius 3 is 2.84 bits per heavy atom. The first-order chi connectivity index (χ1) is 9.36.